The first-order chi connectivity index (χ1) is 6.33. The van der Waals surface area contributed by atoms with Crippen LogP contribution in [-0.4, -0.2) is 19.4 Å². The molecule has 0 aromatic heterocycles. The average Bonchev–Trinajstić information content (AvgIpc) is 2.17. The highest BCUT2D eigenvalue weighted by Gasteiger charge is 2.19. The zero-order chi connectivity index (χ0) is 9.26. The lowest BCUT2D eigenvalue weighted by atomic mass is 10.0. The van der Waals surface area contributed by atoms with Gasteiger partial charge in [-0.05, 0) is 12.1 Å². The lowest BCUT2D eigenvalue weighted by Crippen LogP contribution is -2.16. The highest BCUT2D eigenvalue weighted by Crippen LogP contribution is 2.32. The van der Waals surface area contributed by atoms with Gasteiger partial charge in [-0.15, -0.1) is 0 Å². The summed E-state index contributed by atoms with van der Waals surface area (Å²) in [5, 5.41) is 7.75. The van der Waals surface area contributed by atoms with Crippen LogP contribution in [0.1, 0.15) is 12.0 Å². The van der Waals surface area contributed by atoms with E-state index in [2.05, 4.69) is 0 Å². The molecule has 0 saturated heterocycles. The molecule has 13 heavy (non-hydrogen) atoms. The van der Waals surface area contributed by atoms with E-state index in [9.17, 15) is 0 Å². The summed E-state index contributed by atoms with van der Waals surface area (Å²) >= 11 is 0. The predicted molar refractivity (Wildman–Crippen MR) is 49.9 cm³/mol. The van der Waals surface area contributed by atoms with Crippen LogP contribution in [0.4, 0.5) is 0 Å². The molecule has 0 saturated carbocycles. The molecule has 1 aromatic carbocycles. The van der Waals surface area contributed by atoms with E-state index in [1.807, 2.05) is 18.2 Å². The van der Waals surface area contributed by atoms with E-state index in [4.69, 9.17) is 14.9 Å². The van der Waals surface area contributed by atoms with Gasteiger partial charge < -0.3 is 14.9 Å². The van der Waals surface area contributed by atoms with Crippen molar-refractivity contribution in [1.29, 1.82) is 5.41 Å². The minimum atomic E-state index is 0.596. The first-order valence-electron chi connectivity index (χ1n) is 4.20. The number of rotatable bonds is 1. The van der Waals surface area contributed by atoms with Crippen molar-refractivity contribution in [3.8, 4) is 11.5 Å². The van der Waals surface area contributed by atoms with Crippen LogP contribution in [0.2, 0.25) is 0 Å². The van der Waals surface area contributed by atoms with Crippen LogP contribution in [0.5, 0.6) is 11.5 Å². The van der Waals surface area contributed by atoms with Crippen LogP contribution in [-0.2, 0) is 0 Å². The smallest absolute Gasteiger partial charge is 0.132 e. The van der Waals surface area contributed by atoms with Crippen molar-refractivity contribution < 1.29 is 9.47 Å². The van der Waals surface area contributed by atoms with Crippen LogP contribution in [0.15, 0.2) is 18.2 Å². The molecule has 0 atom stereocenters. The molecule has 1 aromatic rings. The largest absolute Gasteiger partial charge is 0.496 e. The molecule has 3 heteroatoms. The van der Waals surface area contributed by atoms with Crippen LogP contribution >= 0.6 is 0 Å². The molecule has 0 radical (unpaired) electrons. The number of ether oxygens (including phenoxy) is 2. The minimum Gasteiger partial charge on any atom is -0.496 e. The zero-order valence-corrected chi connectivity index (χ0v) is 7.46. The highest BCUT2D eigenvalue weighted by molar-refractivity contribution is 6.03. The lowest BCUT2D eigenvalue weighted by Gasteiger charge is -2.19. The lowest BCUT2D eigenvalue weighted by molar-refractivity contribution is 0.315. The third kappa shape index (κ3) is 1.26. The van der Waals surface area contributed by atoms with Crippen molar-refractivity contribution in [1.82, 2.24) is 0 Å². The molecule has 0 aliphatic carbocycles. The Kier molecular flexibility index (Phi) is 1.93. The van der Waals surface area contributed by atoms with E-state index in [0.717, 1.165) is 17.1 Å². The fraction of sp³-hybridized carbons (Fsp3) is 0.300. The second kappa shape index (κ2) is 3.09. The molecule has 0 bridgehead atoms. The van der Waals surface area contributed by atoms with Gasteiger partial charge in [0.1, 0.15) is 11.5 Å². The number of nitrogens with one attached hydrogen (secondary N) is 1. The molecule has 1 aliphatic rings. The van der Waals surface area contributed by atoms with E-state index < -0.39 is 0 Å². The van der Waals surface area contributed by atoms with Crippen LogP contribution in [0, 0.1) is 5.41 Å². The van der Waals surface area contributed by atoms with Gasteiger partial charge in [-0.25, -0.2) is 0 Å². The SMILES string of the molecule is COc1cccc2c1C(=N)CCO2. The Hall–Kier alpha value is -1.51. The molecule has 0 fully saturated rings. The Bertz CT molecular complexity index is 333. The first kappa shape index (κ1) is 8.10. The van der Waals surface area contributed by atoms with Crippen molar-refractivity contribution in [2.24, 2.45) is 0 Å². The number of methoxy groups -OCH3 is 1. The Morgan fingerprint density at radius 3 is 3.08 bits per heavy atom. The van der Waals surface area contributed by atoms with Crippen LogP contribution in [0.25, 0.3) is 0 Å². The summed E-state index contributed by atoms with van der Waals surface area (Å²) in [6, 6.07) is 5.59. The Morgan fingerprint density at radius 1 is 1.46 bits per heavy atom. The second-order valence-electron chi connectivity index (χ2n) is 2.91. The van der Waals surface area contributed by atoms with Gasteiger partial charge in [-0.3, -0.25) is 0 Å². The van der Waals surface area contributed by atoms with Gasteiger partial charge in [0, 0.05) is 12.1 Å². The molecule has 1 aliphatic heterocycles. The third-order valence-electron chi connectivity index (χ3n) is 2.12. The molecular weight excluding hydrogens is 166 g/mol. The summed E-state index contributed by atoms with van der Waals surface area (Å²) in [7, 11) is 1.61. The van der Waals surface area contributed by atoms with Gasteiger partial charge in [-0.2, -0.15) is 0 Å². The minimum absolute atomic E-state index is 0.596. The molecular formula is C10H11NO2. The standard InChI is InChI=1S/C10H11NO2/c1-12-8-3-2-4-9-10(8)7(11)5-6-13-9/h2-4,11H,5-6H2,1H3. The first-order valence-corrected chi connectivity index (χ1v) is 4.20. The fourth-order valence-electron chi connectivity index (χ4n) is 1.49. The third-order valence-corrected chi connectivity index (χ3v) is 2.12. The number of fused-ring (bicyclic) bond motifs is 1. The van der Waals surface area contributed by atoms with E-state index in [-0.39, 0.29) is 0 Å². The molecule has 3 nitrogen and oxygen atoms in total. The molecule has 0 amide bonds. The van der Waals surface area contributed by atoms with Gasteiger partial charge in [0.05, 0.1) is 19.3 Å². The second-order valence-corrected chi connectivity index (χ2v) is 2.91. The van der Waals surface area contributed by atoms with E-state index >= 15 is 0 Å². The maximum atomic E-state index is 7.75. The molecule has 2 rings (SSSR count). The molecule has 68 valence electrons. The van der Waals surface area contributed by atoms with Gasteiger partial charge >= 0.3 is 0 Å². The van der Waals surface area contributed by atoms with Gasteiger partial charge in [-0.1, -0.05) is 6.07 Å². The normalized spacial score (nSPS) is 14.7. The number of benzene rings is 1. The van der Waals surface area contributed by atoms with Crippen LogP contribution in [0.3, 0.4) is 0 Å². The summed E-state index contributed by atoms with van der Waals surface area (Å²) in [6.45, 7) is 0.596. The Balaban J connectivity index is 2.56. The maximum Gasteiger partial charge on any atom is 0.132 e. The fourth-order valence-corrected chi connectivity index (χ4v) is 1.49. The summed E-state index contributed by atoms with van der Waals surface area (Å²) in [6.07, 6.45) is 0.660. The zero-order valence-electron chi connectivity index (χ0n) is 7.46. The molecule has 1 heterocycles. The molecule has 0 unspecified atom stereocenters. The van der Waals surface area contributed by atoms with Gasteiger partial charge in [0.2, 0.25) is 0 Å². The van der Waals surface area contributed by atoms with Crippen molar-refractivity contribution >= 4 is 5.71 Å². The number of hydrogen-bond donors (Lipinski definition) is 1. The highest BCUT2D eigenvalue weighted by atomic mass is 16.5. The van der Waals surface area contributed by atoms with Gasteiger partial charge in [0.15, 0.2) is 0 Å². The summed E-state index contributed by atoms with van der Waals surface area (Å²) in [4.78, 5) is 0. The average molecular weight is 177 g/mol. The summed E-state index contributed by atoms with van der Waals surface area (Å²) in [5.74, 6) is 1.48. The van der Waals surface area contributed by atoms with E-state index in [1.165, 1.54) is 0 Å². The van der Waals surface area contributed by atoms with E-state index in [1.54, 1.807) is 7.11 Å². The Morgan fingerprint density at radius 2 is 2.31 bits per heavy atom. The quantitative estimate of drug-likeness (QED) is 0.711. The molecule has 0 spiro atoms. The van der Waals surface area contributed by atoms with Crippen LogP contribution < -0.4 is 9.47 Å². The monoisotopic (exact) mass is 177 g/mol. The molecule has 1 N–H and O–H groups in total. The number of hydrogen-bond acceptors (Lipinski definition) is 3. The summed E-state index contributed by atoms with van der Waals surface area (Å²) in [5.41, 5.74) is 1.40. The van der Waals surface area contributed by atoms with Crippen molar-refractivity contribution in [3.05, 3.63) is 23.8 Å². The van der Waals surface area contributed by atoms with Gasteiger partial charge in [0.25, 0.3) is 0 Å². The van der Waals surface area contributed by atoms with Crippen molar-refractivity contribution in [2.75, 3.05) is 13.7 Å². The summed E-state index contributed by atoms with van der Waals surface area (Å²) < 4.78 is 10.6. The van der Waals surface area contributed by atoms with Crippen molar-refractivity contribution in [2.45, 2.75) is 6.42 Å². The van der Waals surface area contributed by atoms with Crippen molar-refractivity contribution in [3.63, 3.8) is 0 Å². The predicted octanol–water partition coefficient (Wildman–Crippen LogP) is 1.85. The topological polar surface area (TPSA) is 42.3 Å². The maximum absolute atomic E-state index is 7.75. The Labute approximate surface area is 76.8 Å². The van der Waals surface area contributed by atoms with E-state index in [0.29, 0.717) is 18.7 Å².